The third-order valence-corrected chi connectivity index (χ3v) is 3.90. The van der Waals surface area contributed by atoms with E-state index in [0.717, 1.165) is 23.8 Å². The molecule has 24 heavy (non-hydrogen) atoms. The van der Waals surface area contributed by atoms with E-state index in [1.54, 1.807) is 19.1 Å². The minimum absolute atomic E-state index is 0.0705. The van der Waals surface area contributed by atoms with Crippen molar-refractivity contribution < 1.29 is 8.78 Å². The first-order chi connectivity index (χ1) is 11.4. The number of para-hydroxylation sites is 1. The second-order valence-corrected chi connectivity index (χ2v) is 5.69. The molecular weight excluding hydrogens is 312 g/mol. The summed E-state index contributed by atoms with van der Waals surface area (Å²) in [5, 5.41) is 0.392. The lowest BCUT2D eigenvalue weighted by molar-refractivity contribution is 0.579. The van der Waals surface area contributed by atoms with E-state index in [1.807, 2.05) is 13.0 Å². The highest BCUT2D eigenvalue weighted by molar-refractivity contribution is 5.81. The zero-order valence-corrected chi connectivity index (χ0v) is 13.4. The molecule has 0 saturated heterocycles. The Hall–Kier alpha value is -2.60. The number of nitrogens with zero attached hydrogens (tertiary/aromatic N) is 2. The van der Waals surface area contributed by atoms with Crippen molar-refractivity contribution in [3.05, 3.63) is 69.8 Å². The van der Waals surface area contributed by atoms with Gasteiger partial charge in [-0.1, -0.05) is 19.1 Å². The molecule has 0 radical (unpaired) electrons. The highest BCUT2D eigenvalue weighted by atomic mass is 19.1. The van der Waals surface area contributed by atoms with Crippen LogP contribution in [-0.4, -0.2) is 9.55 Å². The molecule has 3 rings (SSSR count). The molecule has 0 saturated carbocycles. The zero-order valence-electron chi connectivity index (χ0n) is 13.4. The number of halogens is 2. The summed E-state index contributed by atoms with van der Waals surface area (Å²) in [5.41, 5.74) is 7.14. The van der Waals surface area contributed by atoms with Crippen LogP contribution in [0, 0.1) is 11.6 Å². The van der Waals surface area contributed by atoms with Crippen molar-refractivity contribution in [2.75, 3.05) is 0 Å². The van der Waals surface area contributed by atoms with E-state index in [1.165, 1.54) is 4.57 Å². The Morgan fingerprint density at radius 3 is 2.46 bits per heavy atom. The van der Waals surface area contributed by atoms with Gasteiger partial charge in [0.1, 0.15) is 17.5 Å². The van der Waals surface area contributed by atoms with Gasteiger partial charge in [-0.3, -0.25) is 9.36 Å². The van der Waals surface area contributed by atoms with Crippen LogP contribution in [0.25, 0.3) is 16.6 Å². The van der Waals surface area contributed by atoms with Crippen molar-refractivity contribution in [1.29, 1.82) is 0 Å². The summed E-state index contributed by atoms with van der Waals surface area (Å²) >= 11 is 0. The number of fused-ring (bicyclic) bond motifs is 1. The Bertz CT molecular complexity index is 960. The molecule has 1 aromatic heterocycles. The van der Waals surface area contributed by atoms with Gasteiger partial charge in [-0.05, 0) is 37.1 Å². The number of aromatic nitrogens is 2. The van der Waals surface area contributed by atoms with Gasteiger partial charge in [-0.25, -0.2) is 13.8 Å². The quantitative estimate of drug-likeness (QED) is 0.802. The lowest BCUT2D eigenvalue weighted by Gasteiger charge is -2.17. The summed E-state index contributed by atoms with van der Waals surface area (Å²) in [6, 6.07) is 7.67. The van der Waals surface area contributed by atoms with Gasteiger partial charge in [0.05, 0.1) is 22.6 Å². The van der Waals surface area contributed by atoms with Crippen LogP contribution in [0.5, 0.6) is 0 Å². The molecule has 2 N–H and O–H groups in total. The monoisotopic (exact) mass is 329 g/mol. The van der Waals surface area contributed by atoms with Crippen molar-refractivity contribution in [3.8, 4) is 5.69 Å². The maximum Gasteiger partial charge on any atom is 0.266 e. The normalized spacial score (nSPS) is 12.5. The lowest BCUT2D eigenvalue weighted by Crippen LogP contribution is -2.28. The van der Waals surface area contributed by atoms with Crippen molar-refractivity contribution in [3.63, 3.8) is 0 Å². The first-order valence-corrected chi connectivity index (χ1v) is 7.69. The van der Waals surface area contributed by atoms with E-state index in [-0.39, 0.29) is 11.5 Å². The fourth-order valence-corrected chi connectivity index (χ4v) is 2.79. The van der Waals surface area contributed by atoms with Crippen LogP contribution in [0.15, 0.2) is 41.2 Å². The van der Waals surface area contributed by atoms with E-state index in [2.05, 4.69) is 4.98 Å². The lowest BCUT2D eigenvalue weighted by atomic mass is 10.1. The van der Waals surface area contributed by atoms with E-state index in [4.69, 9.17) is 5.73 Å². The van der Waals surface area contributed by atoms with Crippen LogP contribution in [0.4, 0.5) is 8.78 Å². The van der Waals surface area contributed by atoms with Crippen molar-refractivity contribution >= 4 is 10.9 Å². The minimum atomic E-state index is -0.769. The molecule has 0 bridgehead atoms. The fraction of sp³-hybridized carbons (Fsp3) is 0.222. The van der Waals surface area contributed by atoms with Gasteiger partial charge in [-0.15, -0.1) is 0 Å². The summed E-state index contributed by atoms with van der Waals surface area (Å²) in [7, 11) is 0. The second-order valence-electron chi connectivity index (χ2n) is 5.69. The predicted octanol–water partition coefficient (Wildman–Crippen LogP) is 3.25. The second kappa shape index (κ2) is 6.13. The third-order valence-electron chi connectivity index (χ3n) is 3.90. The van der Waals surface area contributed by atoms with E-state index >= 15 is 0 Å². The molecule has 0 aliphatic rings. The van der Waals surface area contributed by atoms with Gasteiger partial charge in [0.25, 0.3) is 5.56 Å². The number of hydrogen-bond acceptors (Lipinski definition) is 3. The number of nitrogens with two attached hydrogens (primary N) is 1. The number of aryl methyl sites for hydroxylation is 1. The van der Waals surface area contributed by atoms with E-state index < -0.39 is 23.2 Å². The van der Waals surface area contributed by atoms with Gasteiger partial charge >= 0.3 is 0 Å². The summed E-state index contributed by atoms with van der Waals surface area (Å²) in [6.45, 7) is 3.64. The van der Waals surface area contributed by atoms with Crippen LogP contribution in [-0.2, 0) is 6.42 Å². The molecule has 1 atom stereocenters. The SMILES string of the molecule is CCc1cccc2c(=O)n(-c3cc(F)cc(F)c3)c([C@H](C)N)nc12. The molecule has 1 heterocycles. The molecule has 3 aromatic rings. The van der Waals surface area contributed by atoms with Crippen LogP contribution >= 0.6 is 0 Å². The standard InChI is InChI=1S/C18H17F2N3O/c1-3-11-5-4-6-15-16(11)22-17(10(2)21)23(18(15)24)14-8-12(19)7-13(20)9-14/h4-10H,3,21H2,1-2H3/t10-/m0/s1. The zero-order chi connectivity index (χ0) is 17.4. The van der Waals surface area contributed by atoms with Gasteiger partial charge in [0.15, 0.2) is 0 Å². The molecule has 124 valence electrons. The molecule has 0 fully saturated rings. The van der Waals surface area contributed by atoms with E-state index in [9.17, 15) is 13.6 Å². The number of benzene rings is 2. The molecule has 0 unspecified atom stereocenters. The van der Waals surface area contributed by atoms with Crippen molar-refractivity contribution in [1.82, 2.24) is 9.55 Å². The summed E-state index contributed by atoms with van der Waals surface area (Å²) in [4.78, 5) is 17.5. The topological polar surface area (TPSA) is 60.9 Å². The van der Waals surface area contributed by atoms with Crippen LogP contribution < -0.4 is 11.3 Å². The summed E-state index contributed by atoms with van der Waals surface area (Å²) in [5.74, 6) is -1.27. The molecular formula is C18H17F2N3O. The fourth-order valence-electron chi connectivity index (χ4n) is 2.79. The number of rotatable bonds is 3. The smallest absolute Gasteiger partial charge is 0.266 e. The van der Waals surface area contributed by atoms with Crippen molar-refractivity contribution in [2.24, 2.45) is 5.73 Å². The molecule has 4 nitrogen and oxygen atoms in total. The van der Waals surface area contributed by atoms with Crippen LogP contribution in [0.1, 0.15) is 31.3 Å². The first kappa shape index (κ1) is 16.3. The maximum atomic E-state index is 13.6. The Balaban J connectivity index is 2.45. The molecule has 0 amide bonds. The third kappa shape index (κ3) is 2.69. The van der Waals surface area contributed by atoms with Crippen molar-refractivity contribution in [2.45, 2.75) is 26.3 Å². The van der Waals surface area contributed by atoms with Gasteiger partial charge < -0.3 is 5.73 Å². The van der Waals surface area contributed by atoms with Gasteiger partial charge in [0.2, 0.25) is 0 Å². The van der Waals surface area contributed by atoms with Crippen LogP contribution in [0.3, 0.4) is 0 Å². The summed E-state index contributed by atoms with van der Waals surface area (Å²) < 4.78 is 28.4. The highest BCUT2D eigenvalue weighted by Crippen LogP contribution is 2.21. The van der Waals surface area contributed by atoms with Gasteiger partial charge in [0, 0.05) is 6.07 Å². The Labute approximate surface area is 137 Å². The van der Waals surface area contributed by atoms with E-state index in [0.29, 0.717) is 17.3 Å². The average Bonchev–Trinajstić information content (AvgIpc) is 2.53. The molecule has 0 spiro atoms. The first-order valence-electron chi connectivity index (χ1n) is 7.69. The molecule has 0 aliphatic heterocycles. The highest BCUT2D eigenvalue weighted by Gasteiger charge is 2.18. The average molecular weight is 329 g/mol. The maximum absolute atomic E-state index is 13.6. The molecule has 0 aliphatic carbocycles. The summed E-state index contributed by atoms with van der Waals surface area (Å²) in [6.07, 6.45) is 0.709. The largest absolute Gasteiger partial charge is 0.322 e. The minimum Gasteiger partial charge on any atom is -0.322 e. The Kier molecular flexibility index (Phi) is 4.15. The molecule has 6 heteroatoms. The number of hydrogen-bond donors (Lipinski definition) is 1. The Morgan fingerprint density at radius 1 is 1.21 bits per heavy atom. The predicted molar refractivity (Wildman–Crippen MR) is 89.2 cm³/mol. The van der Waals surface area contributed by atoms with Gasteiger partial charge in [-0.2, -0.15) is 0 Å². The Morgan fingerprint density at radius 2 is 1.88 bits per heavy atom. The molecule has 2 aromatic carbocycles. The van der Waals surface area contributed by atoms with Crippen LogP contribution in [0.2, 0.25) is 0 Å².